The van der Waals surface area contributed by atoms with Crippen LogP contribution in [0.25, 0.3) is 0 Å². The molecule has 1 heterocycles. The second-order valence-electron chi connectivity index (χ2n) is 4.30. The number of nitrogens with one attached hydrogen (secondary N) is 1. The highest BCUT2D eigenvalue weighted by molar-refractivity contribution is 6.33. The molecule has 0 unspecified atom stereocenters. The minimum absolute atomic E-state index is 0.0121. The molecule has 0 saturated heterocycles. The highest BCUT2D eigenvalue weighted by atomic mass is 35.5. The number of aliphatic hydroxyl groups is 1. The van der Waals surface area contributed by atoms with Gasteiger partial charge in [-0.05, 0) is 18.2 Å². The van der Waals surface area contributed by atoms with Gasteiger partial charge in [0.15, 0.2) is 0 Å². The molecule has 106 valence electrons. The van der Waals surface area contributed by atoms with E-state index in [0.717, 1.165) is 12.1 Å². The number of carbonyl (C=O) groups excluding carboxylic acids is 1. The van der Waals surface area contributed by atoms with Gasteiger partial charge in [0.05, 0.1) is 22.9 Å². The van der Waals surface area contributed by atoms with Crippen LogP contribution in [0.4, 0.5) is 4.39 Å². The quantitative estimate of drug-likeness (QED) is 0.902. The number of hydrogen-bond donors (Lipinski definition) is 2. The smallest absolute Gasteiger partial charge is 0.252 e. The van der Waals surface area contributed by atoms with Crippen molar-refractivity contribution in [2.75, 3.05) is 6.54 Å². The summed E-state index contributed by atoms with van der Waals surface area (Å²) in [7, 11) is 1.73. The van der Waals surface area contributed by atoms with E-state index in [1.165, 1.54) is 12.3 Å². The van der Waals surface area contributed by atoms with E-state index in [4.69, 9.17) is 11.6 Å². The number of benzene rings is 1. The Balaban J connectivity index is 1.98. The molecule has 1 amide bonds. The molecule has 2 rings (SSSR count). The molecule has 0 fully saturated rings. The summed E-state index contributed by atoms with van der Waals surface area (Å²) in [6.07, 6.45) is 2.30. The van der Waals surface area contributed by atoms with Crippen LogP contribution in [-0.4, -0.2) is 27.3 Å². The van der Waals surface area contributed by atoms with Gasteiger partial charge in [0, 0.05) is 25.4 Å². The number of hydrogen-bond acceptors (Lipinski definition) is 3. The lowest BCUT2D eigenvalue weighted by Gasteiger charge is -2.11. The van der Waals surface area contributed by atoms with Gasteiger partial charge >= 0.3 is 0 Å². The van der Waals surface area contributed by atoms with Gasteiger partial charge in [0.2, 0.25) is 0 Å². The van der Waals surface area contributed by atoms with E-state index in [1.807, 2.05) is 0 Å². The summed E-state index contributed by atoms with van der Waals surface area (Å²) in [6.45, 7) is 0.0121. The molecular formula is C13H13ClFN3O2. The van der Waals surface area contributed by atoms with Crippen molar-refractivity contribution in [1.29, 1.82) is 0 Å². The summed E-state index contributed by atoms with van der Waals surface area (Å²) in [5, 5.41) is 16.4. The Labute approximate surface area is 120 Å². The lowest BCUT2D eigenvalue weighted by atomic mass is 10.2. The van der Waals surface area contributed by atoms with E-state index in [0.29, 0.717) is 5.56 Å². The zero-order valence-corrected chi connectivity index (χ0v) is 11.4. The summed E-state index contributed by atoms with van der Waals surface area (Å²) in [5.74, 6) is -0.986. The molecular weight excluding hydrogens is 285 g/mol. The average Bonchev–Trinajstić information content (AvgIpc) is 2.82. The average molecular weight is 298 g/mol. The second kappa shape index (κ2) is 6.02. The molecule has 7 heteroatoms. The number of carbonyl (C=O) groups is 1. The molecule has 5 nitrogen and oxygen atoms in total. The summed E-state index contributed by atoms with van der Waals surface area (Å²) in [5.41, 5.74) is 0.754. The summed E-state index contributed by atoms with van der Waals surface area (Å²) < 4.78 is 14.4. The lowest BCUT2D eigenvalue weighted by molar-refractivity contribution is 0.0916. The molecule has 0 aliphatic heterocycles. The van der Waals surface area contributed by atoms with Crippen LogP contribution in [0.1, 0.15) is 22.0 Å². The van der Waals surface area contributed by atoms with Crippen LogP contribution in [0.15, 0.2) is 30.6 Å². The lowest BCUT2D eigenvalue weighted by Crippen LogP contribution is -2.28. The summed E-state index contributed by atoms with van der Waals surface area (Å²) >= 11 is 5.78. The number of aryl methyl sites for hydroxylation is 1. The molecule has 0 saturated carbocycles. The van der Waals surface area contributed by atoms with Crippen molar-refractivity contribution in [1.82, 2.24) is 15.1 Å². The van der Waals surface area contributed by atoms with Gasteiger partial charge in [0.25, 0.3) is 5.91 Å². The van der Waals surface area contributed by atoms with Crippen LogP contribution in [0.2, 0.25) is 5.02 Å². The first-order valence-electron chi connectivity index (χ1n) is 5.87. The molecule has 0 aliphatic carbocycles. The van der Waals surface area contributed by atoms with E-state index in [-0.39, 0.29) is 17.1 Å². The molecule has 2 N–H and O–H groups in total. The fourth-order valence-corrected chi connectivity index (χ4v) is 1.94. The number of amides is 1. The third-order valence-electron chi connectivity index (χ3n) is 2.74. The van der Waals surface area contributed by atoms with E-state index in [1.54, 1.807) is 17.9 Å². The minimum atomic E-state index is -0.869. The third-order valence-corrected chi connectivity index (χ3v) is 3.05. The monoisotopic (exact) mass is 297 g/mol. The maximum Gasteiger partial charge on any atom is 0.252 e. The Morgan fingerprint density at radius 1 is 1.60 bits per heavy atom. The molecule has 0 bridgehead atoms. The summed E-state index contributed by atoms with van der Waals surface area (Å²) in [4.78, 5) is 11.9. The third kappa shape index (κ3) is 3.34. The Morgan fingerprint density at radius 2 is 2.35 bits per heavy atom. The van der Waals surface area contributed by atoms with Crippen molar-refractivity contribution >= 4 is 17.5 Å². The van der Waals surface area contributed by atoms with Crippen LogP contribution in [-0.2, 0) is 7.05 Å². The van der Waals surface area contributed by atoms with Crippen molar-refractivity contribution in [3.05, 3.63) is 52.6 Å². The van der Waals surface area contributed by atoms with E-state index in [2.05, 4.69) is 10.4 Å². The fourth-order valence-electron chi connectivity index (χ4n) is 1.69. The molecule has 1 aromatic carbocycles. The maximum absolute atomic E-state index is 12.9. The number of aliphatic hydroxyl groups excluding tert-OH is 1. The molecule has 0 aliphatic rings. The van der Waals surface area contributed by atoms with Crippen molar-refractivity contribution in [2.45, 2.75) is 6.10 Å². The molecule has 1 aromatic heterocycles. The molecule has 0 radical (unpaired) electrons. The van der Waals surface area contributed by atoms with E-state index in [9.17, 15) is 14.3 Å². The van der Waals surface area contributed by atoms with Crippen molar-refractivity contribution in [3.8, 4) is 0 Å². The first-order valence-corrected chi connectivity index (χ1v) is 6.25. The standard InChI is InChI=1S/C13H13ClFN3O2/c1-18-7-8(5-17-18)12(19)6-16-13(20)10-3-2-9(15)4-11(10)14/h2-5,7,12,19H,6H2,1H3,(H,16,20)/t12-/m1/s1. The molecule has 20 heavy (non-hydrogen) atoms. The normalized spacial score (nSPS) is 12.2. The SMILES string of the molecule is Cn1cc([C@H](O)CNC(=O)c2ccc(F)cc2Cl)cn1. The maximum atomic E-state index is 12.9. The molecule has 1 atom stereocenters. The predicted molar refractivity (Wildman–Crippen MR) is 71.9 cm³/mol. The van der Waals surface area contributed by atoms with E-state index >= 15 is 0 Å². The Kier molecular flexibility index (Phi) is 4.36. The Hall–Kier alpha value is -1.92. The van der Waals surface area contributed by atoms with Crippen LogP contribution in [0.3, 0.4) is 0 Å². The number of aromatic nitrogens is 2. The molecule has 2 aromatic rings. The van der Waals surface area contributed by atoms with Crippen LogP contribution < -0.4 is 5.32 Å². The predicted octanol–water partition coefficient (Wildman–Crippen LogP) is 1.68. The van der Waals surface area contributed by atoms with Crippen molar-refractivity contribution < 1.29 is 14.3 Å². The fraction of sp³-hybridized carbons (Fsp3) is 0.231. The summed E-state index contributed by atoms with van der Waals surface area (Å²) in [6, 6.07) is 3.51. The van der Waals surface area contributed by atoms with Crippen LogP contribution in [0.5, 0.6) is 0 Å². The topological polar surface area (TPSA) is 67.2 Å². The van der Waals surface area contributed by atoms with Crippen molar-refractivity contribution in [3.63, 3.8) is 0 Å². The van der Waals surface area contributed by atoms with Gasteiger partial charge in [-0.3, -0.25) is 9.48 Å². The highest BCUT2D eigenvalue weighted by Gasteiger charge is 2.14. The first kappa shape index (κ1) is 14.5. The van der Waals surface area contributed by atoms with E-state index < -0.39 is 17.8 Å². The number of nitrogens with zero attached hydrogens (tertiary/aromatic N) is 2. The van der Waals surface area contributed by atoms with Crippen LogP contribution >= 0.6 is 11.6 Å². The number of rotatable bonds is 4. The first-order chi connectivity index (χ1) is 9.47. The van der Waals surface area contributed by atoms with Gasteiger partial charge in [-0.25, -0.2) is 4.39 Å². The van der Waals surface area contributed by atoms with Gasteiger partial charge < -0.3 is 10.4 Å². The molecule has 0 spiro atoms. The largest absolute Gasteiger partial charge is 0.386 e. The second-order valence-corrected chi connectivity index (χ2v) is 4.70. The van der Waals surface area contributed by atoms with Gasteiger partial charge in [-0.15, -0.1) is 0 Å². The zero-order chi connectivity index (χ0) is 14.7. The van der Waals surface area contributed by atoms with Crippen molar-refractivity contribution in [2.24, 2.45) is 7.05 Å². The highest BCUT2D eigenvalue weighted by Crippen LogP contribution is 2.17. The Bertz CT molecular complexity index is 630. The Morgan fingerprint density at radius 3 is 2.95 bits per heavy atom. The minimum Gasteiger partial charge on any atom is -0.386 e. The van der Waals surface area contributed by atoms with Gasteiger partial charge in [-0.2, -0.15) is 5.10 Å². The van der Waals surface area contributed by atoms with Gasteiger partial charge in [-0.1, -0.05) is 11.6 Å². The van der Waals surface area contributed by atoms with Crippen LogP contribution in [0, 0.1) is 5.82 Å². The van der Waals surface area contributed by atoms with Gasteiger partial charge in [0.1, 0.15) is 5.82 Å². The zero-order valence-electron chi connectivity index (χ0n) is 10.7. The number of halogens is 2.